The molecule has 3 rings (SSSR count). The summed E-state index contributed by atoms with van der Waals surface area (Å²) in [5.74, 6) is 0. The van der Waals surface area contributed by atoms with Gasteiger partial charge in [0.1, 0.15) is 5.60 Å². The zero-order valence-electron chi connectivity index (χ0n) is 14.1. The fraction of sp³-hybridized carbons (Fsp3) is 0.182. The fourth-order valence-electron chi connectivity index (χ4n) is 3.38. The van der Waals surface area contributed by atoms with Crippen LogP contribution in [0.15, 0.2) is 78.9 Å². The maximum absolute atomic E-state index is 11.9. The molecule has 24 heavy (non-hydrogen) atoms. The standard InChI is InChI=1S/C22H23NO/c1-16-10-6-8-14-19(16)22(24,20-15-9-7-11-17(20)2)21(23)18-12-4-3-5-13-18/h3-15,21,24H,23H2,1-2H3/t21-/m1/s1. The van der Waals surface area contributed by atoms with Crippen molar-refractivity contribution in [2.24, 2.45) is 5.73 Å². The first-order chi connectivity index (χ1) is 11.5. The monoisotopic (exact) mass is 317 g/mol. The minimum Gasteiger partial charge on any atom is -0.378 e. The molecule has 2 nitrogen and oxygen atoms in total. The Hall–Kier alpha value is -2.42. The largest absolute Gasteiger partial charge is 0.378 e. The van der Waals surface area contributed by atoms with E-state index in [2.05, 4.69) is 0 Å². The van der Waals surface area contributed by atoms with Crippen molar-refractivity contribution in [1.82, 2.24) is 0 Å². The van der Waals surface area contributed by atoms with Gasteiger partial charge in [0.25, 0.3) is 0 Å². The lowest BCUT2D eigenvalue weighted by atomic mass is 9.75. The molecule has 0 aliphatic heterocycles. The summed E-state index contributed by atoms with van der Waals surface area (Å²) in [4.78, 5) is 0. The summed E-state index contributed by atoms with van der Waals surface area (Å²) in [6.07, 6.45) is 0. The van der Waals surface area contributed by atoms with Gasteiger partial charge in [-0.1, -0.05) is 78.9 Å². The van der Waals surface area contributed by atoms with Crippen molar-refractivity contribution < 1.29 is 5.11 Å². The van der Waals surface area contributed by atoms with Gasteiger partial charge in [-0.2, -0.15) is 0 Å². The third-order valence-electron chi connectivity index (χ3n) is 4.72. The Labute approximate surface area is 143 Å². The Kier molecular flexibility index (Phi) is 4.52. The lowest BCUT2D eigenvalue weighted by Crippen LogP contribution is -2.41. The highest BCUT2D eigenvalue weighted by Crippen LogP contribution is 2.42. The van der Waals surface area contributed by atoms with Crippen LogP contribution in [0.4, 0.5) is 0 Å². The highest BCUT2D eigenvalue weighted by Gasteiger charge is 2.40. The van der Waals surface area contributed by atoms with Crippen LogP contribution in [0.25, 0.3) is 0 Å². The van der Waals surface area contributed by atoms with E-state index in [4.69, 9.17) is 5.73 Å². The molecule has 3 aromatic carbocycles. The van der Waals surface area contributed by atoms with Crippen LogP contribution < -0.4 is 5.73 Å². The van der Waals surface area contributed by atoms with Gasteiger partial charge in [0, 0.05) is 0 Å². The molecular formula is C22H23NO. The maximum Gasteiger partial charge on any atom is 0.134 e. The van der Waals surface area contributed by atoms with Crippen molar-refractivity contribution in [3.05, 3.63) is 107 Å². The second-order valence-corrected chi connectivity index (χ2v) is 6.28. The third-order valence-corrected chi connectivity index (χ3v) is 4.72. The van der Waals surface area contributed by atoms with E-state index >= 15 is 0 Å². The van der Waals surface area contributed by atoms with E-state index in [9.17, 15) is 5.11 Å². The minimum absolute atomic E-state index is 0.569. The summed E-state index contributed by atoms with van der Waals surface area (Å²) in [6, 6.07) is 25.0. The van der Waals surface area contributed by atoms with Crippen LogP contribution in [0.3, 0.4) is 0 Å². The first-order valence-electron chi connectivity index (χ1n) is 8.20. The van der Waals surface area contributed by atoms with Gasteiger partial charge in [0.05, 0.1) is 6.04 Å². The zero-order valence-corrected chi connectivity index (χ0v) is 14.1. The molecule has 1 atom stereocenters. The molecule has 3 N–H and O–H groups in total. The molecule has 2 heteroatoms. The van der Waals surface area contributed by atoms with Gasteiger partial charge >= 0.3 is 0 Å². The molecule has 0 unspecified atom stereocenters. The smallest absolute Gasteiger partial charge is 0.134 e. The summed E-state index contributed by atoms with van der Waals surface area (Å²) in [6.45, 7) is 4.02. The number of nitrogens with two attached hydrogens (primary N) is 1. The average molecular weight is 317 g/mol. The SMILES string of the molecule is Cc1ccccc1C(O)(c1ccccc1C)[C@H](N)c1ccccc1. The molecule has 0 spiro atoms. The van der Waals surface area contributed by atoms with Crippen LogP contribution in [0.2, 0.25) is 0 Å². The van der Waals surface area contributed by atoms with Crippen LogP contribution in [-0.2, 0) is 5.60 Å². The third kappa shape index (κ3) is 2.75. The van der Waals surface area contributed by atoms with E-state index < -0.39 is 11.6 Å². The normalized spacial score (nSPS) is 12.8. The molecule has 0 heterocycles. The predicted molar refractivity (Wildman–Crippen MR) is 98.7 cm³/mol. The van der Waals surface area contributed by atoms with Gasteiger partial charge in [-0.25, -0.2) is 0 Å². The lowest BCUT2D eigenvalue weighted by Gasteiger charge is -2.37. The molecule has 3 aromatic rings. The molecule has 0 amide bonds. The van der Waals surface area contributed by atoms with Gasteiger partial charge in [-0.3, -0.25) is 0 Å². The van der Waals surface area contributed by atoms with Crippen LogP contribution in [-0.4, -0.2) is 5.11 Å². The summed E-state index contributed by atoms with van der Waals surface area (Å²) in [7, 11) is 0. The minimum atomic E-state index is -1.29. The molecule has 0 fully saturated rings. The number of hydrogen-bond donors (Lipinski definition) is 2. The first-order valence-corrected chi connectivity index (χ1v) is 8.20. The van der Waals surface area contributed by atoms with Crippen molar-refractivity contribution in [3.8, 4) is 0 Å². The van der Waals surface area contributed by atoms with E-state index in [0.29, 0.717) is 0 Å². The van der Waals surface area contributed by atoms with Crippen molar-refractivity contribution in [3.63, 3.8) is 0 Å². The van der Waals surface area contributed by atoms with Gasteiger partial charge < -0.3 is 10.8 Å². The molecule has 0 saturated carbocycles. The van der Waals surface area contributed by atoms with Crippen LogP contribution >= 0.6 is 0 Å². The second kappa shape index (κ2) is 6.60. The van der Waals surface area contributed by atoms with E-state index in [0.717, 1.165) is 27.8 Å². The molecular weight excluding hydrogens is 294 g/mol. The van der Waals surface area contributed by atoms with E-state index in [1.165, 1.54) is 0 Å². The highest BCUT2D eigenvalue weighted by molar-refractivity contribution is 5.47. The maximum atomic E-state index is 11.9. The molecule has 122 valence electrons. The topological polar surface area (TPSA) is 46.2 Å². The second-order valence-electron chi connectivity index (χ2n) is 6.28. The Balaban J connectivity index is 2.26. The number of hydrogen-bond acceptors (Lipinski definition) is 2. The number of rotatable bonds is 4. The summed E-state index contributed by atoms with van der Waals surface area (Å²) in [5, 5.41) is 11.9. The Bertz CT molecular complexity index is 781. The van der Waals surface area contributed by atoms with Crippen molar-refractivity contribution in [1.29, 1.82) is 0 Å². The van der Waals surface area contributed by atoms with Crippen molar-refractivity contribution in [2.45, 2.75) is 25.5 Å². The summed E-state index contributed by atoms with van der Waals surface area (Å²) in [5.41, 5.74) is 9.97. The van der Waals surface area contributed by atoms with Gasteiger partial charge in [0.15, 0.2) is 0 Å². The van der Waals surface area contributed by atoms with Gasteiger partial charge in [0.2, 0.25) is 0 Å². The molecule has 0 aromatic heterocycles. The van der Waals surface area contributed by atoms with Crippen molar-refractivity contribution >= 4 is 0 Å². The van der Waals surface area contributed by atoms with E-state index in [1.54, 1.807) is 0 Å². The van der Waals surface area contributed by atoms with E-state index in [-0.39, 0.29) is 0 Å². The summed E-state index contributed by atoms with van der Waals surface area (Å²) >= 11 is 0. The predicted octanol–water partition coefficient (Wildman–Crippen LogP) is 4.24. The van der Waals surface area contributed by atoms with Crippen molar-refractivity contribution in [2.75, 3.05) is 0 Å². The van der Waals surface area contributed by atoms with Crippen LogP contribution in [0.5, 0.6) is 0 Å². The zero-order chi connectivity index (χ0) is 17.2. The summed E-state index contributed by atoms with van der Waals surface area (Å²) < 4.78 is 0. The van der Waals surface area contributed by atoms with Crippen LogP contribution in [0.1, 0.15) is 33.9 Å². The molecule has 0 bridgehead atoms. The average Bonchev–Trinajstić information content (AvgIpc) is 2.62. The van der Waals surface area contributed by atoms with E-state index in [1.807, 2.05) is 92.7 Å². The van der Waals surface area contributed by atoms with Gasteiger partial charge in [-0.05, 0) is 41.7 Å². The molecule has 0 saturated heterocycles. The first kappa shape index (κ1) is 16.4. The Morgan fingerprint density at radius 2 is 1.12 bits per heavy atom. The molecule has 0 radical (unpaired) electrons. The van der Waals surface area contributed by atoms with Gasteiger partial charge in [-0.15, -0.1) is 0 Å². The fourth-order valence-corrected chi connectivity index (χ4v) is 3.38. The number of aliphatic hydroxyl groups is 1. The quantitative estimate of drug-likeness (QED) is 0.756. The number of benzene rings is 3. The molecule has 0 aliphatic rings. The van der Waals surface area contributed by atoms with Crippen LogP contribution in [0, 0.1) is 13.8 Å². The lowest BCUT2D eigenvalue weighted by molar-refractivity contribution is 0.0500. The molecule has 0 aliphatic carbocycles. The number of aryl methyl sites for hydroxylation is 2. The highest BCUT2D eigenvalue weighted by atomic mass is 16.3. The Morgan fingerprint density at radius 3 is 1.58 bits per heavy atom. The Morgan fingerprint density at radius 1 is 0.708 bits per heavy atom.